The van der Waals surface area contributed by atoms with Crippen molar-refractivity contribution in [3.05, 3.63) is 22.5 Å². The Hall–Kier alpha value is -1.77. The molecule has 0 bridgehead atoms. The summed E-state index contributed by atoms with van der Waals surface area (Å²) in [6.45, 7) is 0. The number of sulfonamides is 1. The molecule has 0 aliphatic heterocycles. The van der Waals surface area contributed by atoms with Gasteiger partial charge in [0, 0.05) is 0 Å². The molecule has 0 saturated heterocycles. The minimum absolute atomic E-state index is 0.0573. The number of hydrogen-bond acceptors (Lipinski definition) is 6. The number of hydrogen-bond donors (Lipinski definition) is 1. The van der Waals surface area contributed by atoms with Crippen LogP contribution in [0.15, 0.2) is 12.4 Å². The van der Waals surface area contributed by atoms with E-state index in [0.29, 0.717) is 0 Å². The van der Waals surface area contributed by atoms with Crippen LogP contribution in [0.3, 0.4) is 0 Å². The van der Waals surface area contributed by atoms with E-state index >= 15 is 0 Å². The number of nitrogens with one attached hydrogen (secondary N) is 1. The molecule has 0 spiro atoms. The molecule has 0 aromatic carbocycles. The first kappa shape index (κ1) is 10.3. The maximum atomic E-state index is 10.7. The molecule has 14 heavy (non-hydrogen) atoms. The Morgan fingerprint density at radius 3 is 2.43 bits per heavy atom. The molecule has 0 radical (unpaired) electrons. The molecule has 0 atom stereocenters. The second-order valence-electron chi connectivity index (χ2n) is 2.39. The van der Waals surface area contributed by atoms with Crippen LogP contribution in [-0.2, 0) is 10.0 Å². The van der Waals surface area contributed by atoms with Gasteiger partial charge in [0.25, 0.3) is 0 Å². The molecular formula is C5H6N4O4S. The lowest BCUT2D eigenvalue weighted by molar-refractivity contribution is -0.389. The standard InChI is InChI=1S/C5H6N4O4S/c1-14(12,13)8-4-2-7-5(3-6-4)9(10)11/h2-3H,1H3,(H,6,8). The molecule has 1 aromatic heterocycles. The minimum atomic E-state index is -3.43. The van der Waals surface area contributed by atoms with E-state index in [9.17, 15) is 18.5 Å². The van der Waals surface area contributed by atoms with Gasteiger partial charge in [-0.2, -0.15) is 0 Å². The summed E-state index contributed by atoms with van der Waals surface area (Å²) >= 11 is 0. The van der Waals surface area contributed by atoms with E-state index in [4.69, 9.17) is 0 Å². The molecule has 0 amide bonds. The van der Waals surface area contributed by atoms with E-state index in [1.807, 2.05) is 4.72 Å². The summed E-state index contributed by atoms with van der Waals surface area (Å²) in [5.41, 5.74) is 0. The molecule has 1 heterocycles. The van der Waals surface area contributed by atoms with Crippen LogP contribution in [0, 0.1) is 10.1 Å². The van der Waals surface area contributed by atoms with Crippen LogP contribution in [0.1, 0.15) is 0 Å². The number of aromatic nitrogens is 2. The molecule has 0 aliphatic carbocycles. The quantitative estimate of drug-likeness (QED) is 0.552. The highest BCUT2D eigenvalue weighted by Gasteiger charge is 2.09. The molecule has 0 unspecified atom stereocenters. The van der Waals surface area contributed by atoms with Gasteiger partial charge in [-0.05, 0) is 9.91 Å². The van der Waals surface area contributed by atoms with Crippen molar-refractivity contribution >= 4 is 21.7 Å². The average Bonchev–Trinajstić information content (AvgIpc) is 2.02. The van der Waals surface area contributed by atoms with Gasteiger partial charge < -0.3 is 10.1 Å². The lowest BCUT2D eigenvalue weighted by Gasteiger charge is -1.98. The van der Waals surface area contributed by atoms with Crippen molar-refractivity contribution in [3.63, 3.8) is 0 Å². The second kappa shape index (κ2) is 3.54. The van der Waals surface area contributed by atoms with Gasteiger partial charge in [-0.1, -0.05) is 0 Å². The zero-order valence-corrected chi connectivity index (χ0v) is 7.85. The Bertz CT molecular complexity index is 439. The van der Waals surface area contributed by atoms with Crippen molar-refractivity contribution in [3.8, 4) is 0 Å². The minimum Gasteiger partial charge on any atom is -0.358 e. The van der Waals surface area contributed by atoms with E-state index in [1.54, 1.807) is 0 Å². The van der Waals surface area contributed by atoms with E-state index in [-0.39, 0.29) is 5.82 Å². The maximum Gasteiger partial charge on any atom is 0.382 e. The molecule has 1 rings (SSSR count). The third kappa shape index (κ3) is 2.94. The predicted octanol–water partition coefficient (Wildman–Crippen LogP) is -0.244. The first-order valence-corrected chi connectivity index (χ1v) is 5.22. The summed E-state index contributed by atoms with van der Waals surface area (Å²) in [5.74, 6) is -0.498. The molecule has 0 saturated carbocycles. The normalized spacial score (nSPS) is 10.9. The number of rotatable bonds is 3. The van der Waals surface area contributed by atoms with Gasteiger partial charge in [0.1, 0.15) is 6.20 Å². The van der Waals surface area contributed by atoms with Gasteiger partial charge in [0.05, 0.1) is 6.26 Å². The molecule has 1 aromatic rings. The van der Waals surface area contributed by atoms with Gasteiger partial charge >= 0.3 is 5.82 Å². The van der Waals surface area contributed by atoms with Gasteiger partial charge in [0.15, 0.2) is 12.0 Å². The Morgan fingerprint density at radius 2 is 2.07 bits per heavy atom. The lowest BCUT2D eigenvalue weighted by Crippen LogP contribution is -2.11. The average molecular weight is 218 g/mol. The van der Waals surface area contributed by atoms with Crippen molar-refractivity contribution in [2.75, 3.05) is 11.0 Å². The fourth-order valence-electron chi connectivity index (χ4n) is 0.658. The van der Waals surface area contributed by atoms with Crippen LogP contribution in [0.4, 0.5) is 11.6 Å². The molecule has 9 heteroatoms. The highest BCUT2D eigenvalue weighted by Crippen LogP contribution is 2.07. The summed E-state index contributed by atoms with van der Waals surface area (Å²) in [5, 5.41) is 10.2. The Morgan fingerprint density at radius 1 is 1.43 bits per heavy atom. The van der Waals surface area contributed by atoms with Gasteiger partial charge in [-0.3, -0.25) is 4.72 Å². The van der Waals surface area contributed by atoms with Crippen LogP contribution < -0.4 is 4.72 Å². The summed E-state index contributed by atoms with van der Waals surface area (Å²) in [6.07, 6.45) is 2.78. The van der Waals surface area contributed by atoms with Crippen molar-refractivity contribution < 1.29 is 13.3 Å². The van der Waals surface area contributed by atoms with Gasteiger partial charge in [0.2, 0.25) is 10.0 Å². The highest BCUT2D eigenvalue weighted by molar-refractivity contribution is 7.92. The zero-order chi connectivity index (χ0) is 10.8. The van der Waals surface area contributed by atoms with Crippen LogP contribution in [0.25, 0.3) is 0 Å². The summed E-state index contributed by atoms with van der Waals surface area (Å²) in [7, 11) is -3.43. The number of anilines is 1. The number of nitro groups is 1. The fourth-order valence-corrected chi connectivity index (χ4v) is 1.14. The van der Waals surface area contributed by atoms with Crippen molar-refractivity contribution in [2.45, 2.75) is 0 Å². The topological polar surface area (TPSA) is 115 Å². The summed E-state index contributed by atoms with van der Waals surface area (Å²) in [4.78, 5) is 16.3. The zero-order valence-electron chi connectivity index (χ0n) is 7.04. The van der Waals surface area contributed by atoms with Crippen LogP contribution in [0.5, 0.6) is 0 Å². The first-order chi connectivity index (χ1) is 6.38. The first-order valence-electron chi connectivity index (χ1n) is 3.33. The third-order valence-electron chi connectivity index (χ3n) is 1.12. The second-order valence-corrected chi connectivity index (χ2v) is 4.14. The summed E-state index contributed by atoms with van der Waals surface area (Å²) in [6, 6.07) is 0. The maximum absolute atomic E-state index is 10.7. The molecular weight excluding hydrogens is 212 g/mol. The highest BCUT2D eigenvalue weighted by atomic mass is 32.2. The Balaban J connectivity index is 2.90. The predicted molar refractivity (Wildman–Crippen MR) is 47.2 cm³/mol. The molecule has 1 N–H and O–H groups in total. The Kier molecular flexibility index (Phi) is 2.60. The summed E-state index contributed by atoms with van der Waals surface area (Å²) < 4.78 is 23.4. The van der Waals surface area contributed by atoms with Crippen LogP contribution >= 0.6 is 0 Å². The van der Waals surface area contributed by atoms with Gasteiger partial charge in [-0.15, -0.1) is 0 Å². The van der Waals surface area contributed by atoms with E-state index < -0.39 is 20.8 Å². The molecule has 0 aliphatic rings. The Labute approximate surface area is 79.2 Å². The molecule has 0 fully saturated rings. The van der Waals surface area contributed by atoms with E-state index in [0.717, 1.165) is 18.6 Å². The number of nitrogens with zero attached hydrogens (tertiary/aromatic N) is 3. The molecule has 8 nitrogen and oxygen atoms in total. The monoisotopic (exact) mass is 218 g/mol. The largest absolute Gasteiger partial charge is 0.382 e. The lowest BCUT2D eigenvalue weighted by atomic mass is 10.6. The SMILES string of the molecule is CS(=O)(=O)Nc1cnc([N+](=O)[O-])cn1. The van der Waals surface area contributed by atoms with Crippen molar-refractivity contribution in [1.82, 2.24) is 9.97 Å². The fraction of sp³-hybridized carbons (Fsp3) is 0.200. The van der Waals surface area contributed by atoms with Crippen molar-refractivity contribution in [1.29, 1.82) is 0 Å². The van der Waals surface area contributed by atoms with E-state index in [2.05, 4.69) is 9.97 Å². The van der Waals surface area contributed by atoms with Crippen LogP contribution in [-0.4, -0.2) is 29.6 Å². The van der Waals surface area contributed by atoms with Gasteiger partial charge in [-0.25, -0.2) is 13.4 Å². The smallest absolute Gasteiger partial charge is 0.358 e. The molecule has 76 valence electrons. The van der Waals surface area contributed by atoms with Crippen LogP contribution in [0.2, 0.25) is 0 Å². The third-order valence-corrected chi connectivity index (χ3v) is 1.70. The van der Waals surface area contributed by atoms with Crippen molar-refractivity contribution in [2.24, 2.45) is 0 Å². The van der Waals surface area contributed by atoms with E-state index in [1.165, 1.54) is 0 Å².